The monoisotopic (exact) mass is 404 g/mol. The minimum atomic E-state index is -3.28. The summed E-state index contributed by atoms with van der Waals surface area (Å²) in [5.74, 6) is -1.71. The number of H-pyrrole nitrogens is 1. The van der Waals surface area contributed by atoms with Crippen molar-refractivity contribution < 1.29 is 34.1 Å². The molecule has 0 radical (unpaired) electrons. The molecule has 0 bridgehead atoms. The molecule has 3 heterocycles. The Morgan fingerprint density at radius 1 is 1.38 bits per heavy atom. The van der Waals surface area contributed by atoms with E-state index in [0.717, 1.165) is 0 Å². The SMILES string of the molecule is NC(C(=O)N1CC(OC2C[B-](O)(O)Oc3c(C(=O)O)cccc32)C1)c1c[nH]nn1. The van der Waals surface area contributed by atoms with Gasteiger partial charge in [-0.1, -0.05) is 23.7 Å². The Labute approximate surface area is 164 Å². The lowest BCUT2D eigenvalue weighted by molar-refractivity contribution is -0.151. The van der Waals surface area contributed by atoms with Crippen LogP contribution in [0.2, 0.25) is 6.32 Å². The van der Waals surface area contributed by atoms with Gasteiger partial charge in [-0.3, -0.25) is 9.89 Å². The topological polar surface area (TPSA) is 184 Å². The maximum Gasteiger partial charge on any atom is 0.433 e. The molecule has 6 N–H and O–H groups in total. The fourth-order valence-electron chi connectivity index (χ4n) is 3.50. The molecule has 2 unspecified atom stereocenters. The zero-order chi connectivity index (χ0) is 20.8. The van der Waals surface area contributed by atoms with Crippen molar-refractivity contribution >= 4 is 18.6 Å². The summed E-state index contributed by atoms with van der Waals surface area (Å²) in [4.78, 5) is 25.3. The molecule has 0 saturated carbocycles. The molecule has 2 aromatic rings. The molecule has 0 aliphatic carbocycles. The van der Waals surface area contributed by atoms with E-state index in [0.29, 0.717) is 11.3 Å². The molecule has 2 aliphatic heterocycles. The van der Waals surface area contributed by atoms with Gasteiger partial charge in [-0.25, -0.2) is 4.79 Å². The van der Waals surface area contributed by atoms with Crippen LogP contribution >= 0.6 is 0 Å². The number of carboxylic acid groups (broad SMARTS) is 1. The van der Waals surface area contributed by atoms with Crippen LogP contribution in [0, 0.1) is 0 Å². The van der Waals surface area contributed by atoms with E-state index in [2.05, 4.69) is 15.4 Å². The Morgan fingerprint density at radius 3 is 2.79 bits per heavy atom. The van der Waals surface area contributed by atoms with Crippen molar-refractivity contribution in [3.63, 3.8) is 0 Å². The van der Waals surface area contributed by atoms with Crippen LogP contribution in [0.15, 0.2) is 24.4 Å². The fraction of sp³-hybridized carbons (Fsp3) is 0.375. The number of likely N-dealkylation sites (tertiary alicyclic amines) is 1. The van der Waals surface area contributed by atoms with E-state index < -0.39 is 24.9 Å². The predicted molar refractivity (Wildman–Crippen MR) is 96.5 cm³/mol. The van der Waals surface area contributed by atoms with Crippen molar-refractivity contribution in [2.24, 2.45) is 5.73 Å². The second-order valence-corrected chi connectivity index (χ2v) is 7.11. The third kappa shape index (κ3) is 3.68. The number of nitrogens with two attached hydrogens (primary N) is 1. The summed E-state index contributed by atoms with van der Waals surface area (Å²) in [6, 6.07) is 3.51. The summed E-state index contributed by atoms with van der Waals surface area (Å²) >= 11 is 0. The maximum absolute atomic E-state index is 12.4. The number of aromatic nitrogens is 3. The van der Waals surface area contributed by atoms with E-state index >= 15 is 0 Å². The quantitative estimate of drug-likeness (QED) is 0.379. The van der Waals surface area contributed by atoms with Crippen molar-refractivity contribution in [3.05, 3.63) is 41.2 Å². The van der Waals surface area contributed by atoms with E-state index in [9.17, 15) is 24.7 Å². The number of aromatic carboxylic acids is 1. The van der Waals surface area contributed by atoms with Crippen LogP contribution in [-0.2, 0) is 9.53 Å². The predicted octanol–water partition coefficient (Wildman–Crippen LogP) is -1.21. The Bertz CT molecular complexity index is 932. The van der Waals surface area contributed by atoms with Crippen molar-refractivity contribution in [2.75, 3.05) is 13.1 Å². The number of rotatable bonds is 5. The highest BCUT2D eigenvalue weighted by molar-refractivity contribution is 6.59. The standard InChI is InChI=1S/C16H19BN5O7/c18-13(11-5-19-21-20-11)15(23)22-6-8(7-22)28-12-4-17(26,27)29-14-9(12)2-1-3-10(14)16(24)25/h1-3,5,8,12-13,26-27H,4,6-7,18H2,(H,24,25)(H,19,20,21)/q-1. The summed E-state index contributed by atoms with van der Waals surface area (Å²) in [6.45, 7) is -2.76. The van der Waals surface area contributed by atoms with Gasteiger partial charge in [0.05, 0.1) is 23.5 Å². The van der Waals surface area contributed by atoms with Gasteiger partial charge < -0.3 is 35.2 Å². The first-order valence-electron chi connectivity index (χ1n) is 8.97. The van der Waals surface area contributed by atoms with Gasteiger partial charge in [-0.2, -0.15) is 0 Å². The summed E-state index contributed by atoms with van der Waals surface area (Å²) in [5.41, 5.74) is 6.43. The molecule has 1 saturated heterocycles. The van der Waals surface area contributed by atoms with Crippen LogP contribution < -0.4 is 10.4 Å². The first-order chi connectivity index (χ1) is 13.7. The Hall–Kier alpha value is -3.00. The fourth-order valence-corrected chi connectivity index (χ4v) is 3.50. The lowest BCUT2D eigenvalue weighted by atomic mass is 9.68. The zero-order valence-corrected chi connectivity index (χ0v) is 15.1. The Balaban J connectivity index is 1.44. The van der Waals surface area contributed by atoms with Crippen LogP contribution in [-0.4, -0.2) is 73.3 Å². The number of hydrogen-bond acceptors (Lipinski definition) is 9. The van der Waals surface area contributed by atoms with Gasteiger partial charge in [0.1, 0.15) is 11.7 Å². The number of carbonyl (C=O) groups is 2. The van der Waals surface area contributed by atoms with E-state index in [1.54, 1.807) is 6.07 Å². The smallest absolute Gasteiger partial charge is 0.433 e. The molecule has 4 rings (SSSR count). The van der Waals surface area contributed by atoms with Crippen LogP contribution in [0.4, 0.5) is 0 Å². The normalized spacial score (nSPS) is 21.6. The van der Waals surface area contributed by atoms with Crippen molar-refractivity contribution in [1.29, 1.82) is 0 Å². The average molecular weight is 404 g/mol. The molecule has 12 nitrogen and oxygen atoms in total. The number of amides is 1. The number of benzene rings is 1. The van der Waals surface area contributed by atoms with Gasteiger partial charge in [0.25, 0.3) is 0 Å². The van der Waals surface area contributed by atoms with Crippen LogP contribution in [0.3, 0.4) is 0 Å². The number of carbonyl (C=O) groups excluding carboxylic acids is 1. The van der Waals surface area contributed by atoms with Crippen molar-refractivity contribution in [1.82, 2.24) is 20.3 Å². The number of aromatic amines is 1. The van der Waals surface area contributed by atoms with Gasteiger partial charge >= 0.3 is 12.7 Å². The summed E-state index contributed by atoms with van der Waals surface area (Å²) in [6.07, 6.45) is 0.0253. The molecule has 0 spiro atoms. The number of nitrogens with zero attached hydrogens (tertiary/aromatic N) is 3. The van der Waals surface area contributed by atoms with E-state index in [1.807, 2.05) is 0 Å². The molecule has 2 aliphatic rings. The van der Waals surface area contributed by atoms with Gasteiger partial charge in [-0.05, 0) is 6.07 Å². The zero-order valence-electron chi connectivity index (χ0n) is 15.1. The summed E-state index contributed by atoms with van der Waals surface area (Å²) in [7, 11) is 0. The Morgan fingerprint density at radius 2 is 2.14 bits per heavy atom. The molecule has 154 valence electrons. The lowest BCUT2D eigenvalue weighted by Gasteiger charge is -2.46. The van der Waals surface area contributed by atoms with Gasteiger partial charge in [-0.15, -0.1) is 5.10 Å². The second-order valence-electron chi connectivity index (χ2n) is 7.11. The molecule has 1 amide bonds. The molecule has 29 heavy (non-hydrogen) atoms. The number of fused-ring (bicyclic) bond motifs is 1. The molecular formula is C16H19BN5O7-. The lowest BCUT2D eigenvalue weighted by Crippen LogP contribution is -2.58. The molecule has 1 aromatic heterocycles. The third-order valence-electron chi connectivity index (χ3n) is 4.99. The average Bonchev–Trinajstić information content (AvgIpc) is 3.16. The van der Waals surface area contributed by atoms with Crippen molar-refractivity contribution in [2.45, 2.75) is 24.6 Å². The molecule has 2 atom stereocenters. The van der Waals surface area contributed by atoms with Crippen LogP contribution in [0.1, 0.15) is 33.8 Å². The van der Waals surface area contributed by atoms with E-state index in [1.165, 1.54) is 23.2 Å². The highest BCUT2D eigenvalue weighted by atomic mass is 16.6. The Kier molecular flexibility index (Phi) is 4.74. The minimum absolute atomic E-state index is 0.124. The summed E-state index contributed by atoms with van der Waals surface area (Å²) < 4.78 is 11.1. The van der Waals surface area contributed by atoms with Gasteiger partial charge in [0, 0.05) is 24.8 Å². The largest absolute Gasteiger partial charge is 0.669 e. The van der Waals surface area contributed by atoms with Gasteiger partial charge in [0.15, 0.2) is 0 Å². The van der Waals surface area contributed by atoms with Gasteiger partial charge in [0.2, 0.25) is 5.91 Å². The minimum Gasteiger partial charge on any atom is -0.669 e. The molecule has 1 fully saturated rings. The first kappa shape index (κ1) is 19.3. The highest BCUT2D eigenvalue weighted by Gasteiger charge is 2.41. The maximum atomic E-state index is 12.4. The molecule has 13 heteroatoms. The molecular weight excluding hydrogens is 385 g/mol. The molecule has 1 aromatic carbocycles. The number of para-hydroxylation sites is 1. The van der Waals surface area contributed by atoms with E-state index in [-0.39, 0.29) is 42.7 Å². The van der Waals surface area contributed by atoms with E-state index in [4.69, 9.17) is 15.1 Å². The number of hydrogen-bond donors (Lipinski definition) is 5. The summed E-state index contributed by atoms with van der Waals surface area (Å²) in [5, 5.41) is 39.2. The third-order valence-corrected chi connectivity index (χ3v) is 4.99. The second kappa shape index (κ2) is 7.11. The van der Waals surface area contributed by atoms with Crippen LogP contribution in [0.25, 0.3) is 0 Å². The first-order valence-corrected chi connectivity index (χ1v) is 8.97. The van der Waals surface area contributed by atoms with Crippen LogP contribution in [0.5, 0.6) is 5.75 Å². The van der Waals surface area contributed by atoms with Crippen molar-refractivity contribution in [3.8, 4) is 5.75 Å². The number of carboxylic acids is 1. The number of nitrogens with one attached hydrogen (secondary N) is 1. The highest BCUT2D eigenvalue weighted by Crippen LogP contribution is 2.42. The number of ether oxygens (including phenoxy) is 1.